The molecule has 2 rings (SSSR count). The van der Waals surface area contributed by atoms with Gasteiger partial charge in [-0.2, -0.15) is 0 Å². The van der Waals surface area contributed by atoms with Crippen molar-refractivity contribution in [2.45, 2.75) is 0 Å². The Morgan fingerprint density at radius 2 is 1.84 bits per heavy atom. The Morgan fingerprint density at radius 1 is 1.16 bits per heavy atom. The number of nitrogens with two attached hydrogens (primary N) is 1. The number of ether oxygens (including phenoxy) is 1. The zero-order valence-electron chi connectivity index (χ0n) is 9.67. The van der Waals surface area contributed by atoms with Gasteiger partial charge in [-0.3, -0.25) is 16.0 Å². The van der Waals surface area contributed by atoms with Gasteiger partial charge in [0.2, 0.25) is 0 Å². The second-order valence-corrected chi connectivity index (χ2v) is 4.11. The highest BCUT2D eigenvalue weighted by atomic mass is 35.5. The summed E-state index contributed by atoms with van der Waals surface area (Å²) in [5.74, 6) is 6.09. The van der Waals surface area contributed by atoms with Crippen LogP contribution in [0.1, 0.15) is 0 Å². The summed E-state index contributed by atoms with van der Waals surface area (Å²) in [4.78, 5) is 10.3. The molecule has 0 heterocycles. The SMILES string of the molecule is NNc1cc(Oc2ccc(Cl)cc2)cc([N+](=O)[O-])c1. The molecule has 0 aliphatic rings. The zero-order valence-corrected chi connectivity index (χ0v) is 10.4. The smallest absolute Gasteiger partial charge is 0.275 e. The van der Waals surface area contributed by atoms with Gasteiger partial charge in [-0.15, -0.1) is 0 Å². The third-order valence-corrected chi connectivity index (χ3v) is 2.57. The summed E-state index contributed by atoms with van der Waals surface area (Å²) in [7, 11) is 0. The molecule has 0 radical (unpaired) electrons. The highest BCUT2D eigenvalue weighted by molar-refractivity contribution is 6.30. The van der Waals surface area contributed by atoms with Crippen molar-refractivity contribution in [3.05, 3.63) is 57.6 Å². The molecule has 7 heteroatoms. The van der Waals surface area contributed by atoms with Crippen LogP contribution >= 0.6 is 11.6 Å². The Kier molecular flexibility index (Phi) is 3.84. The number of nitrogens with zero attached hydrogens (tertiary/aromatic N) is 1. The van der Waals surface area contributed by atoms with Crippen LogP contribution in [0.4, 0.5) is 11.4 Å². The van der Waals surface area contributed by atoms with Gasteiger partial charge in [-0.1, -0.05) is 11.6 Å². The molecular formula is C12H10ClN3O3. The fourth-order valence-electron chi connectivity index (χ4n) is 1.47. The normalized spacial score (nSPS) is 10.0. The Morgan fingerprint density at radius 3 is 2.42 bits per heavy atom. The van der Waals surface area contributed by atoms with E-state index in [1.165, 1.54) is 12.1 Å². The standard InChI is InChI=1S/C12H10ClN3O3/c13-8-1-3-11(4-2-8)19-12-6-9(15-14)5-10(7-12)16(17)18/h1-7,15H,14H2. The minimum Gasteiger partial charge on any atom is -0.457 e. The highest BCUT2D eigenvalue weighted by Gasteiger charge is 2.10. The predicted octanol–water partition coefficient (Wildman–Crippen LogP) is 3.33. The fraction of sp³-hybridized carbons (Fsp3) is 0. The van der Waals surface area contributed by atoms with E-state index in [-0.39, 0.29) is 5.69 Å². The average molecular weight is 280 g/mol. The molecule has 0 aromatic heterocycles. The van der Waals surface area contributed by atoms with Crippen molar-refractivity contribution in [2.24, 2.45) is 5.84 Å². The summed E-state index contributed by atoms with van der Waals surface area (Å²) < 4.78 is 5.51. The number of hydrogen-bond acceptors (Lipinski definition) is 5. The quantitative estimate of drug-likeness (QED) is 0.509. The first-order chi connectivity index (χ1) is 9.08. The lowest BCUT2D eigenvalue weighted by molar-refractivity contribution is -0.384. The minimum atomic E-state index is -0.518. The van der Waals surface area contributed by atoms with Crippen LogP contribution in [0, 0.1) is 10.1 Å². The van der Waals surface area contributed by atoms with E-state index in [1.807, 2.05) is 0 Å². The lowest BCUT2D eigenvalue weighted by Crippen LogP contribution is -2.07. The van der Waals surface area contributed by atoms with Crippen molar-refractivity contribution in [1.82, 2.24) is 0 Å². The van der Waals surface area contributed by atoms with E-state index < -0.39 is 4.92 Å². The molecule has 0 bridgehead atoms. The molecule has 0 saturated carbocycles. The first-order valence-corrected chi connectivity index (χ1v) is 5.66. The monoisotopic (exact) mass is 279 g/mol. The number of nitrogens with one attached hydrogen (secondary N) is 1. The van der Waals surface area contributed by atoms with Crippen LogP contribution in [0.25, 0.3) is 0 Å². The fourth-order valence-corrected chi connectivity index (χ4v) is 1.60. The molecule has 2 aromatic rings. The van der Waals surface area contributed by atoms with Crippen molar-refractivity contribution in [1.29, 1.82) is 0 Å². The summed E-state index contributed by atoms with van der Waals surface area (Å²) in [5, 5.41) is 11.4. The van der Waals surface area contributed by atoms with Crippen LogP contribution < -0.4 is 16.0 Å². The summed E-state index contributed by atoms with van der Waals surface area (Å²) >= 11 is 5.76. The van der Waals surface area contributed by atoms with Crippen molar-refractivity contribution >= 4 is 23.0 Å². The van der Waals surface area contributed by atoms with E-state index in [1.54, 1.807) is 30.3 Å². The maximum Gasteiger partial charge on any atom is 0.275 e. The number of anilines is 1. The number of halogens is 1. The first kappa shape index (κ1) is 13.1. The van der Waals surface area contributed by atoms with Crippen LogP contribution in [0.15, 0.2) is 42.5 Å². The van der Waals surface area contributed by atoms with Gasteiger partial charge < -0.3 is 10.2 Å². The molecule has 0 atom stereocenters. The third kappa shape index (κ3) is 3.34. The largest absolute Gasteiger partial charge is 0.457 e. The molecular weight excluding hydrogens is 270 g/mol. The lowest BCUT2D eigenvalue weighted by atomic mass is 10.2. The molecule has 19 heavy (non-hydrogen) atoms. The van der Waals surface area contributed by atoms with Crippen molar-refractivity contribution < 1.29 is 9.66 Å². The number of hydrazine groups is 1. The number of hydrogen-bond donors (Lipinski definition) is 2. The third-order valence-electron chi connectivity index (χ3n) is 2.32. The summed E-state index contributed by atoms with van der Waals surface area (Å²) in [6, 6.07) is 10.8. The van der Waals surface area contributed by atoms with Crippen LogP contribution in [0.5, 0.6) is 11.5 Å². The molecule has 0 saturated heterocycles. The van der Waals surface area contributed by atoms with Gasteiger partial charge in [0.25, 0.3) is 5.69 Å². The topological polar surface area (TPSA) is 90.4 Å². The highest BCUT2D eigenvalue weighted by Crippen LogP contribution is 2.29. The van der Waals surface area contributed by atoms with E-state index in [0.717, 1.165) is 0 Å². The molecule has 0 unspecified atom stereocenters. The molecule has 0 aliphatic heterocycles. The Hall–Kier alpha value is -2.31. The van der Waals surface area contributed by atoms with Gasteiger partial charge in [-0.25, -0.2) is 0 Å². The summed E-state index contributed by atoms with van der Waals surface area (Å²) in [6.07, 6.45) is 0. The van der Waals surface area contributed by atoms with Crippen LogP contribution in [0.3, 0.4) is 0 Å². The predicted molar refractivity (Wildman–Crippen MR) is 72.4 cm³/mol. The number of rotatable bonds is 4. The second-order valence-electron chi connectivity index (χ2n) is 3.67. The van der Waals surface area contributed by atoms with E-state index in [0.29, 0.717) is 22.2 Å². The van der Waals surface area contributed by atoms with Gasteiger partial charge in [0.15, 0.2) is 0 Å². The molecule has 6 nitrogen and oxygen atoms in total. The zero-order chi connectivity index (χ0) is 13.8. The number of nitro groups is 1. The van der Waals surface area contributed by atoms with Crippen molar-refractivity contribution in [2.75, 3.05) is 5.43 Å². The number of benzene rings is 2. The average Bonchev–Trinajstić information content (AvgIpc) is 2.41. The Labute approximate surface area is 113 Å². The van der Waals surface area contributed by atoms with Gasteiger partial charge in [0, 0.05) is 17.2 Å². The molecule has 3 N–H and O–H groups in total. The number of non-ortho nitro benzene ring substituents is 1. The van der Waals surface area contributed by atoms with E-state index >= 15 is 0 Å². The molecule has 2 aromatic carbocycles. The maximum absolute atomic E-state index is 10.8. The van der Waals surface area contributed by atoms with E-state index in [2.05, 4.69) is 5.43 Å². The molecule has 98 valence electrons. The van der Waals surface area contributed by atoms with Crippen LogP contribution in [-0.2, 0) is 0 Å². The molecule has 0 spiro atoms. The number of nitrogen functional groups attached to an aromatic ring is 1. The molecule has 0 fully saturated rings. The van der Waals surface area contributed by atoms with Crippen molar-refractivity contribution in [3.63, 3.8) is 0 Å². The first-order valence-electron chi connectivity index (χ1n) is 5.28. The summed E-state index contributed by atoms with van der Waals surface area (Å²) in [6.45, 7) is 0. The van der Waals surface area contributed by atoms with E-state index in [9.17, 15) is 10.1 Å². The van der Waals surface area contributed by atoms with Crippen molar-refractivity contribution in [3.8, 4) is 11.5 Å². The maximum atomic E-state index is 10.8. The van der Waals surface area contributed by atoms with Crippen LogP contribution in [0.2, 0.25) is 5.02 Å². The van der Waals surface area contributed by atoms with Crippen LogP contribution in [-0.4, -0.2) is 4.92 Å². The Balaban J connectivity index is 2.31. The van der Waals surface area contributed by atoms with Gasteiger partial charge in [0.1, 0.15) is 11.5 Å². The molecule has 0 amide bonds. The summed E-state index contributed by atoms with van der Waals surface area (Å²) in [5.41, 5.74) is 2.63. The van der Waals surface area contributed by atoms with E-state index in [4.69, 9.17) is 22.2 Å². The molecule has 0 aliphatic carbocycles. The lowest BCUT2D eigenvalue weighted by Gasteiger charge is -2.07. The van der Waals surface area contributed by atoms with Gasteiger partial charge in [0.05, 0.1) is 16.7 Å². The minimum absolute atomic E-state index is 0.112. The second kappa shape index (κ2) is 5.55. The van der Waals surface area contributed by atoms with Gasteiger partial charge >= 0.3 is 0 Å². The van der Waals surface area contributed by atoms with Gasteiger partial charge in [-0.05, 0) is 24.3 Å². The Bertz CT molecular complexity index is 602. The number of nitro benzene ring substituents is 1.